The van der Waals surface area contributed by atoms with Gasteiger partial charge in [-0.1, -0.05) is 60.7 Å². The van der Waals surface area contributed by atoms with Gasteiger partial charge in [0.1, 0.15) is 5.41 Å². The molecular formula is C22H26N2O3. The minimum Gasteiger partial charge on any atom is -0.469 e. The van der Waals surface area contributed by atoms with E-state index >= 15 is 0 Å². The summed E-state index contributed by atoms with van der Waals surface area (Å²) in [7, 11) is 1.40. The number of carbonyl (C=O) groups is 2. The van der Waals surface area contributed by atoms with E-state index < -0.39 is 5.41 Å². The molecular weight excluding hydrogens is 340 g/mol. The monoisotopic (exact) mass is 366 g/mol. The zero-order valence-corrected chi connectivity index (χ0v) is 15.6. The largest absolute Gasteiger partial charge is 0.469 e. The van der Waals surface area contributed by atoms with Crippen molar-refractivity contribution in [2.75, 3.05) is 26.7 Å². The molecule has 2 aromatic rings. The molecule has 0 aromatic heterocycles. The fraction of sp³-hybridized carbons (Fsp3) is 0.364. The van der Waals surface area contributed by atoms with Crippen LogP contribution in [-0.4, -0.2) is 43.5 Å². The van der Waals surface area contributed by atoms with Gasteiger partial charge in [-0.15, -0.1) is 0 Å². The van der Waals surface area contributed by atoms with Gasteiger partial charge < -0.3 is 15.4 Å². The Morgan fingerprint density at radius 1 is 1.07 bits per heavy atom. The van der Waals surface area contributed by atoms with E-state index in [1.54, 1.807) is 0 Å². The van der Waals surface area contributed by atoms with Gasteiger partial charge in [0.15, 0.2) is 0 Å². The van der Waals surface area contributed by atoms with Crippen molar-refractivity contribution in [3.05, 3.63) is 71.8 Å². The molecule has 2 N–H and O–H groups in total. The highest BCUT2D eigenvalue weighted by Gasteiger charge is 2.49. The summed E-state index contributed by atoms with van der Waals surface area (Å²) in [5.41, 5.74) is 7.03. The van der Waals surface area contributed by atoms with Crippen LogP contribution in [0.15, 0.2) is 60.7 Å². The Labute approximate surface area is 160 Å². The average molecular weight is 366 g/mol. The van der Waals surface area contributed by atoms with Gasteiger partial charge in [-0.05, 0) is 30.0 Å². The number of rotatable bonds is 7. The van der Waals surface area contributed by atoms with Gasteiger partial charge in [0.2, 0.25) is 5.91 Å². The number of primary amides is 1. The molecule has 0 spiro atoms. The highest BCUT2D eigenvalue weighted by molar-refractivity contribution is 5.91. The molecule has 1 amide bonds. The van der Waals surface area contributed by atoms with E-state index in [0.29, 0.717) is 19.5 Å². The van der Waals surface area contributed by atoms with Crippen LogP contribution in [0.2, 0.25) is 0 Å². The summed E-state index contributed by atoms with van der Waals surface area (Å²) in [6.45, 7) is 2.17. The van der Waals surface area contributed by atoms with Crippen LogP contribution in [0.3, 0.4) is 0 Å². The Kier molecular flexibility index (Phi) is 5.91. The summed E-state index contributed by atoms with van der Waals surface area (Å²) >= 11 is 0. The van der Waals surface area contributed by atoms with Crippen molar-refractivity contribution < 1.29 is 14.3 Å². The zero-order valence-electron chi connectivity index (χ0n) is 15.6. The van der Waals surface area contributed by atoms with Crippen LogP contribution in [-0.2, 0) is 19.7 Å². The van der Waals surface area contributed by atoms with Crippen LogP contribution in [0.5, 0.6) is 0 Å². The standard InChI is InChI=1S/C22H26N2O3/c1-27-20(25)13-15-24-14-12-19(16-24)22(21(23)26,17-8-4-2-5-9-17)18-10-6-3-7-11-18/h2-11,19H,12-16H2,1H3,(H2,23,26). The van der Waals surface area contributed by atoms with E-state index in [0.717, 1.165) is 24.1 Å². The maximum absolute atomic E-state index is 13.0. The average Bonchev–Trinajstić information content (AvgIpc) is 3.17. The van der Waals surface area contributed by atoms with Crippen molar-refractivity contribution in [1.29, 1.82) is 0 Å². The van der Waals surface area contributed by atoms with Gasteiger partial charge in [0.05, 0.1) is 13.5 Å². The number of nitrogens with zero attached hydrogens (tertiary/aromatic N) is 1. The third-order valence-corrected chi connectivity index (χ3v) is 5.59. The second-order valence-corrected chi connectivity index (χ2v) is 7.02. The lowest BCUT2D eigenvalue weighted by atomic mass is 9.64. The van der Waals surface area contributed by atoms with Crippen LogP contribution in [0.25, 0.3) is 0 Å². The van der Waals surface area contributed by atoms with Crippen molar-refractivity contribution in [1.82, 2.24) is 4.90 Å². The number of esters is 1. The second-order valence-electron chi connectivity index (χ2n) is 7.02. The Hall–Kier alpha value is -2.66. The van der Waals surface area contributed by atoms with E-state index in [4.69, 9.17) is 10.5 Å². The van der Waals surface area contributed by atoms with Crippen molar-refractivity contribution in [2.45, 2.75) is 18.3 Å². The molecule has 1 aliphatic rings. The van der Waals surface area contributed by atoms with Crippen molar-refractivity contribution in [3.63, 3.8) is 0 Å². The van der Waals surface area contributed by atoms with Crippen LogP contribution in [0.4, 0.5) is 0 Å². The predicted octanol–water partition coefficient (Wildman–Crippen LogP) is 2.34. The van der Waals surface area contributed by atoms with Gasteiger partial charge in [-0.3, -0.25) is 9.59 Å². The Bertz CT molecular complexity index is 737. The maximum Gasteiger partial charge on any atom is 0.306 e. The minimum absolute atomic E-state index is 0.0393. The maximum atomic E-state index is 13.0. The predicted molar refractivity (Wildman–Crippen MR) is 104 cm³/mol. The lowest BCUT2D eigenvalue weighted by molar-refractivity contribution is -0.141. The highest BCUT2D eigenvalue weighted by Crippen LogP contribution is 2.43. The molecule has 1 unspecified atom stereocenters. The fourth-order valence-corrected chi connectivity index (χ4v) is 4.27. The Balaban J connectivity index is 1.96. The summed E-state index contributed by atoms with van der Waals surface area (Å²) in [6.07, 6.45) is 1.19. The SMILES string of the molecule is COC(=O)CCN1CCC(C(C(N)=O)(c2ccccc2)c2ccccc2)C1. The molecule has 5 heteroatoms. The van der Waals surface area contributed by atoms with E-state index in [1.807, 2.05) is 60.7 Å². The minimum atomic E-state index is -0.886. The number of benzene rings is 2. The number of carbonyl (C=O) groups excluding carboxylic acids is 2. The third-order valence-electron chi connectivity index (χ3n) is 5.59. The number of nitrogens with two attached hydrogens (primary N) is 1. The number of amides is 1. The summed E-state index contributed by atoms with van der Waals surface area (Å²) in [4.78, 5) is 26.6. The van der Waals surface area contributed by atoms with Crippen LogP contribution < -0.4 is 5.73 Å². The number of hydrogen-bond acceptors (Lipinski definition) is 4. The van der Waals surface area contributed by atoms with Gasteiger partial charge >= 0.3 is 5.97 Å². The van der Waals surface area contributed by atoms with Crippen molar-refractivity contribution in [2.24, 2.45) is 11.7 Å². The van der Waals surface area contributed by atoms with Gasteiger partial charge in [0.25, 0.3) is 0 Å². The number of methoxy groups -OCH3 is 1. The number of ether oxygens (including phenoxy) is 1. The summed E-state index contributed by atoms with van der Waals surface area (Å²) in [5.74, 6) is -0.511. The van der Waals surface area contributed by atoms with Gasteiger partial charge in [-0.2, -0.15) is 0 Å². The highest BCUT2D eigenvalue weighted by atomic mass is 16.5. The molecule has 5 nitrogen and oxygen atoms in total. The first kappa shape index (κ1) is 19.1. The molecule has 1 saturated heterocycles. The topological polar surface area (TPSA) is 72.6 Å². The quantitative estimate of drug-likeness (QED) is 0.764. The molecule has 0 saturated carbocycles. The van der Waals surface area contributed by atoms with E-state index in [1.165, 1.54) is 7.11 Å². The first-order valence-corrected chi connectivity index (χ1v) is 9.29. The van der Waals surface area contributed by atoms with Crippen LogP contribution >= 0.6 is 0 Å². The molecule has 27 heavy (non-hydrogen) atoms. The molecule has 0 aliphatic carbocycles. The fourth-order valence-electron chi connectivity index (χ4n) is 4.27. The first-order chi connectivity index (χ1) is 13.1. The van der Waals surface area contributed by atoms with Crippen molar-refractivity contribution in [3.8, 4) is 0 Å². The molecule has 1 fully saturated rings. The lowest BCUT2D eigenvalue weighted by Gasteiger charge is -2.37. The smallest absolute Gasteiger partial charge is 0.306 e. The van der Waals surface area contributed by atoms with Crippen LogP contribution in [0.1, 0.15) is 24.0 Å². The van der Waals surface area contributed by atoms with Gasteiger partial charge in [0, 0.05) is 13.1 Å². The summed E-state index contributed by atoms with van der Waals surface area (Å²) in [5, 5.41) is 0. The number of likely N-dealkylation sites (tertiary alicyclic amines) is 1. The summed E-state index contributed by atoms with van der Waals surface area (Å²) in [6, 6.07) is 19.6. The third kappa shape index (κ3) is 3.74. The van der Waals surface area contributed by atoms with Crippen molar-refractivity contribution >= 4 is 11.9 Å². The Morgan fingerprint density at radius 2 is 1.63 bits per heavy atom. The molecule has 1 atom stereocenters. The van der Waals surface area contributed by atoms with Gasteiger partial charge in [-0.25, -0.2) is 0 Å². The molecule has 0 radical (unpaired) electrons. The van der Waals surface area contributed by atoms with Crippen LogP contribution in [0, 0.1) is 5.92 Å². The van der Waals surface area contributed by atoms with E-state index in [2.05, 4.69) is 4.90 Å². The van der Waals surface area contributed by atoms with E-state index in [9.17, 15) is 9.59 Å². The normalized spacial score (nSPS) is 17.6. The molecule has 3 rings (SSSR count). The molecule has 1 heterocycles. The Morgan fingerprint density at radius 3 is 2.11 bits per heavy atom. The lowest BCUT2D eigenvalue weighted by Crippen LogP contribution is -2.49. The molecule has 142 valence electrons. The molecule has 1 aliphatic heterocycles. The summed E-state index contributed by atoms with van der Waals surface area (Å²) < 4.78 is 4.74. The second kappa shape index (κ2) is 8.35. The first-order valence-electron chi connectivity index (χ1n) is 9.29. The zero-order chi connectivity index (χ0) is 19.3. The number of hydrogen-bond donors (Lipinski definition) is 1. The molecule has 0 bridgehead atoms. The molecule has 2 aromatic carbocycles. The van der Waals surface area contributed by atoms with E-state index in [-0.39, 0.29) is 17.8 Å².